The summed E-state index contributed by atoms with van der Waals surface area (Å²) >= 11 is 0. The molecule has 0 spiro atoms. The molecule has 13 heavy (non-hydrogen) atoms. The van der Waals surface area contributed by atoms with Gasteiger partial charge >= 0.3 is 0 Å². The Bertz CT molecular complexity index is 295. The van der Waals surface area contributed by atoms with E-state index >= 15 is 0 Å². The van der Waals surface area contributed by atoms with Crippen LogP contribution in [0.5, 0.6) is 0 Å². The van der Waals surface area contributed by atoms with E-state index < -0.39 is 0 Å². The Morgan fingerprint density at radius 2 is 1.54 bits per heavy atom. The molecule has 0 bridgehead atoms. The monoisotopic (exact) mass is 179 g/mol. The van der Waals surface area contributed by atoms with Crippen LogP contribution in [-0.4, -0.2) is 4.57 Å². The van der Waals surface area contributed by atoms with Gasteiger partial charge in [-0.3, -0.25) is 0 Å². The normalized spacial score (nSPS) is 10.8. The minimum atomic E-state index is 1.17. The molecule has 0 radical (unpaired) electrons. The maximum Gasteiger partial charge on any atom is 0.0178 e. The van der Waals surface area contributed by atoms with Crippen LogP contribution in [0.15, 0.2) is 0 Å². The summed E-state index contributed by atoms with van der Waals surface area (Å²) in [6.45, 7) is 8.96. The zero-order valence-corrected chi connectivity index (χ0v) is 9.57. The van der Waals surface area contributed by atoms with E-state index in [9.17, 15) is 0 Å². The number of hydrogen-bond donors (Lipinski definition) is 0. The first-order valence-corrected chi connectivity index (χ1v) is 5.27. The average molecular weight is 179 g/mol. The summed E-state index contributed by atoms with van der Waals surface area (Å²) in [7, 11) is 2.17. The van der Waals surface area contributed by atoms with Crippen LogP contribution in [0.2, 0.25) is 0 Å². The lowest BCUT2D eigenvalue weighted by molar-refractivity contribution is 0.824. The number of rotatable bonds is 3. The lowest BCUT2D eigenvalue weighted by atomic mass is 10.0. The van der Waals surface area contributed by atoms with Gasteiger partial charge in [0, 0.05) is 18.4 Å². The highest BCUT2D eigenvalue weighted by molar-refractivity contribution is 5.37. The zero-order valence-electron chi connectivity index (χ0n) is 9.57. The van der Waals surface area contributed by atoms with E-state index in [0.29, 0.717) is 0 Å². The summed E-state index contributed by atoms with van der Waals surface area (Å²) in [4.78, 5) is 0. The quantitative estimate of drug-likeness (QED) is 0.671. The first-order valence-electron chi connectivity index (χ1n) is 5.27. The third-order valence-electron chi connectivity index (χ3n) is 3.10. The molecule has 0 atom stereocenters. The van der Waals surface area contributed by atoms with Gasteiger partial charge in [-0.25, -0.2) is 0 Å². The minimum absolute atomic E-state index is 1.17. The van der Waals surface area contributed by atoms with Gasteiger partial charge in [0.2, 0.25) is 0 Å². The molecule has 0 aliphatic heterocycles. The number of aromatic nitrogens is 1. The molecule has 0 aromatic carbocycles. The molecule has 0 saturated heterocycles. The highest BCUT2D eigenvalue weighted by Crippen LogP contribution is 2.22. The lowest BCUT2D eigenvalue weighted by Crippen LogP contribution is -1.94. The van der Waals surface area contributed by atoms with Crippen molar-refractivity contribution in [3.05, 3.63) is 22.5 Å². The first kappa shape index (κ1) is 10.4. The van der Waals surface area contributed by atoms with E-state index in [1.165, 1.54) is 30.7 Å². The average Bonchev–Trinajstić information content (AvgIpc) is 2.32. The fourth-order valence-corrected chi connectivity index (χ4v) is 2.14. The fraction of sp³-hybridized carbons (Fsp3) is 0.667. The molecule has 1 aromatic heterocycles. The van der Waals surface area contributed by atoms with Crippen LogP contribution in [0.3, 0.4) is 0 Å². The summed E-state index contributed by atoms with van der Waals surface area (Å²) in [6.07, 6.45) is 3.65. The molecule has 0 aliphatic carbocycles. The van der Waals surface area contributed by atoms with Gasteiger partial charge in [-0.15, -0.1) is 0 Å². The molecule has 1 heteroatoms. The largest absolute Gasteiger partial charge is 0.352 e. The summed E-state index contributed by atoms with van der Waals surface area (Å²) < 4.78 is 2.32. The van der Waals surface area contributed by atoms with Crippen LogP contribution in [0, 0.1) is 13.8 Å². The summed E-state index contributed by atoms with van der Waals surface area (Å²) in [5, 5.41) is 0. The third-order valence-corrected chi connectivity index (χ3v) is 3.10. The summed E-state index contributed by atoms with van der Waals surface area (Å²) in [6, 6.07) is 0. The molecule has 0 fully saturated rings. The maximum absolute atomic E-state index is 2.32. The molecule has 0 N–H and O–H groups in total. The summed E-state index contributed by atoms with van der Waals surface area (Å²) in [5.41, 5.74) is 6.06. The van der Waals surface area contributed by atoms with Gasteiger partial charge < -0.3 is 4.57 Å². The molecule has 0 aliphatic rings. The third kappa shape index (κ3) is 1.65. The van der Waals surface area contributed by atoms with Gasteiger partial charge in [-0.1, -0.05) is 20.3 Å². The molecule has 1 nitrogen and oxygen atoms in total. The SMILES string of the molecule is CCCc1c(CC)c(C)n(C)c1C. The van der Waals surface area contributed by atoms with E-state index in [2.05, 4.69) is 39.3 Å². The van der Waals surface area contributed by atoms with Crippen molar-refractivity contribution in [2.24, 2.45) is 7.05 Å². The van der Waals surface area contributed by atoms with E-state index in [-0.39, 0.29) is 0 Å². The van der Waals surface area contributed by atoms with Crippen LogP contribution in [0.1, 0.15) is 42.8 Å². The second kappa shape index (κ2) is 3.99. The standard InChI is InChI=1S/C12H21N/c1-6-8-12-10(4)13(5)9(3)11(12)7-2/h6-8H2,1-5H3. The van der Waals surface area contributed by atoms with Crippen molar-refractivity contribution in [1.29, 1.82) is 0 Å². The molecule has 0 saturated carbocycles. The molecule has 1 aromatic rings. The molecular weight excluding hydrogens is 158 g/mol. The van der Waals surface area contributed by atoms with Gasteiger partial charge in [0.05, 0.1) is 0 Å². The van der Waals surface area contributed by atoms with Gasteiger partial charge in [0.1, 0.15) is 0 Å². The predicted octanol–water partition coefficient (Wildman–Crippen LogP) is 3.16. The van der Waals surface area contributed by atoms with Crippen LogP contribution in [0.25, 0.3) is 0 Å². The van der Waals surface area contributed by atoms with Crippen molar-refractivity contribution in [1.82, 2.24) is 4.57 Å². The second-order valence-corrected chi connectivity index (χ2v) is 3.79. The smallest absolute Gasteiger partial charge is 0.0178 e. The Hall–Kier alpha value is -0.720. The van der Waals surface area contributed by atoms with Crippen LogP contribution in [0.4, 0.5) is 0 Å². The maximum atomic E-state index is 2.32. The first-order chi connectivity index (χ1) is 6.13. The molecule has 74 valence electrons. The Morgan fingerprint density at radius 1 is 1.00 bits per heavy atom. The van der Waals surface area contributed by atoms with E-state index in [4.69, 9.17) is 0 Å². The van der Waals surface area contributed by atoms with E-state index in [1.807, 2.05) is 0 Å². The minimum Gasteiger partial charge on any atom is -0.352 e. The van der Waals surface area contributed by atoms with Crippen molar-refractivity contribution in [3.63, 3.8) is 0 Å². The Kier molecular flexibility index (Phi) is 3.18. The van der Waals surface area contributed by atoms with Gasteiger partial charge in [0.25, 0.3) is 0 Å². The van der Waals surface area contributed by atoms with Gasteiger partial charge in [0.15, 0.2) is 0 Å². The van der Waals surface area contributed by atoms with Crippen LogP contribution >= 0.6 is 0 Å². The van der Waals surface area contributed by atoms with Crippen molar-refractivity contribution in [3.8, 4) is 0 Å². The molecular formula is C12H21N. The van der Waals surface area contributed by atoms with Crippen LogP contribution in [-0.2, 0) is 19.9 Å². The molecule has 0 amide bonds. The molecule has 1 rings (SSSR count). The molecule has 0 unspecified atom stereocenters. The van der Waals surface area contributed by atoms with Crippen molar-refractivity contribution in [2.45, 2.75) is 47.0 Å². The summed E-state index contributed by atoms with van der Waals surface area (Å²) in [5.74, 6) is 0. The Morgan fingerprint density at radius 3 is 2.00 bits per heavy atom. The lowest BCUT2D eigenvalue weighted by Gasteiger charge is -2.01. The topological polar surface area (TPSA) is 4.93 Å². The Labute approximate surface area is 81.8 Å². The fourth-order valence-electron chi connectivity index (χ4n) is 2.14. The number of hydrogen-bond acceptors (Lipinski definition) is 0. The highest BCUT2D eigenvalue weighted by Gasteiger charge is 2.12. The van der Waals surface area contributed by atoms with Crippen molar-refractivity contribution < 1.29 is 0 Å². The van der Waals surface area contributed by atoms with Crippen LogP contribution < -0.4 is 0 Å². The zero-order chi connectivity index (χ0) is 10.0. The predicted molar refractivity (Wildman–Crippen MR) is 58.3 cm³/mol. The number of nitrogens with zero attached hydrogens (tertiary/aromatic N) is 1. The van der Waals surface area contributed by atoms with Gasteiger partial charge in [-0.2, -0.15) is 0 Å². The van der Waals surface area contributed by atoms with Crippen molar-refractivity contribution >= 4 is 0 Å². The van der Waals surface area contributed by atoms with E-state index in [0.717, 1.165) is 0 Å². The van der Waals surface area contributed by atoms with E-state index in [1.54, 1.807) is 11.1 Å². The van der Waals surface area contributed by atoms with Gasteiger partial charge in [-0.05, 0) is 37.8 Å². The second-order valence-electron chi connectivity index (χ2n) is 3.79. The van der Waals surface area contributed by atoms with Crippen molar-refractivity contribution in [2.75, 3.05) is 0 Å². The molecule has 1 heterocycles. The Balaban J connectivity index is 3.21. The highest BCUT2D eigenvalue weighted by atomic mass is 15.0.